The van der Waals surface area contributed by atoms with Crippen LogP contribution in [-0.2, 0) is 0 Å². The van der Waals surface area contributed by atoms with Gasteiger partial charge in [0.15, 0.2) is 0 Å². The Morgan fingerprint density at radius 2 is 1.93 bits per heavy atom. The number of nitrogens with one attached hydrogen (secondary N) is 2. The highest BCUT2D eigenvalue weighted by molar-refractivity contribution is 9.10. The van der Waals surface area contributed by atoms with Gasteiger partial charge < -0.3 is 10.6 Å². The molecule has 14 heavy (non-hydrogen) atoms. The Labute approximate surface area is 94.2 Å². The molecule has 2 nitrogen and oxygen atoms in total. The molecule has 0 radical (unpaired) electrons. The molecule has 1 aromatic rings. The number of piperazine rings is 1. The second kappa shape index (κ2) is 6.98. The zero-order chi connectivity index (χ0) is 10.2. The Hall–Kier alpha value is -0.380. The molecule has 78 valence electrons. The molecule has 3 heteroatoms. The van der Waals surface area contributed by atoms with Crippen molar-refractivity contribution in [2.45, 2.75) is 13.0 Å². The Balaban J connectivity index is 0.000000140. The number of halogens is 1. The van der Waals surface area contributed by atoms with E-state index >= 15 is 0 Å². The summed E-state index contributed by atoms with van der Waals surface area (Å²) >= 11 is 3.31. The van der Waals surface area contributed by atoms with Gasteiger partial charge in [0.1, 0.15) is 0 Å². The largest absolute Gasteiger partial charge is 0.314 e. The highest BCUT2D eigenvalue weighted by Gasteiger charge is 2.03. The minimum atomic E-state index is 0.675. The summed E-state index contributed by atoms with van der Waals surface area (Å²) in [6.07, 6.45) is 0. The monoisotopic (exact) mass is 256 g/mol. The van der Waals surface area contributed by atoms with Crippen molar-refractivity contribution in [2.75, 3.05) is 19.6 Å². The number of benzene rings is 1. The van der Waals surface area contributed by atoms with Gasteiger partial charge in [0.25, 0.3) is 0 Å². The fraction of sp³-hybridized carbons (Fsp3) is 0.455. The molecular formula is C11H17BrN2. The van der Waals surface area contributed by atoms with E-state index in [-0.39, 0.29) is 0 Å². The minimum absolute atomic E-state index is 0.675. The fourth-order valence-corrected chi connectivity index (χ4v) is 1.52. The number of hydrogen-bond acceptors (Lipinski definition) is 2. The quantitative estimate of drug-likeness (QED) is 0.743. The van der Waals surface area contributed by atoms with Gasteiger partial charge in [0.2, 0.25) is 0 Å². The van der Waals surface area contributed by atoms with Crippen LogP contribution in [0.25, 0.3) is 0 Å². The average molecular weight is 257 g/mol. The van der Waals surface area contributed by atoms with E-state index in [1.54, 1.807) is 0 Å². The van der Waals surface area contributed by atoms with Gasteiger partial charge in [-0.05, 0) is 19.1 Å². The normalized spacial score (nSPS) is 20.9. The predicted octanol–water partition coefficient (Wildman–Crippen LogP) is 2.02. The molecule has 1 aliphatic heterocycles. The zero-order valence-electron chi connectivity index (χ0n) is 8.46. The first-order valence-corrected chi connectivity index (χ1v) is 5.73. The van der Waals surface area contributed by atoms with E-state index in [1.807, 2.05) is 30.3 Å². The van der Waals surface area contributed by atoms with Crippen LogP contribution in [-0.4, -0.2) is 25.7 Å². The first-order chi connectivity index (χ1) is 6.79. The molecule has 0 bridgehead atoms. The van der Waals surface area contributed by atoms with E-state index in [1.165, 1.54) is 0 Å². The molecule has 0 saturated carbocycles. The lowest BCUT2D eigenvalue weighted by Gasteiger charge is -2.19. The summed E-state index contributed by atoms with van der Waals surface area (Å²) in [5.74, 6) is 0. The first kappa shape index (κ1) is 11.7. The predicted molar refractivity (Wildman–Crippen MR) is 64.5 cm³/mol. The van der Waals surface area contributed by atoms with Crippen LogP contribution in [0.5, 0.6) is 0 Å². The van der Waals surface area contributed by atoms with Crippen LogP contribution < -0.4 is 10.6 Å². The van der Waals surface area contributed by atoms with Crippen LogP contribution in [0.2, 0.25) is 0 Å². The topological polar surface area (TPSA) is 24.1 Å². The molecule has 1 aromatic carbocycles. The summed E-state index contributed by atoms with van der Waals surface area (Å²) in [5, 5.41) is 6.59. The van der Waals surface area contributed by atoms with Gasteiger partial charge in [-0.3, -0.25) is 0 Å². The van der Waals surface area contributed by atoms with Gasteiger partial charge >= 0.3 is 0 Å². The molecule has 1 atom stereocenters. The molecule has 1 heterocycles. The maximum Gasteiger partial charge on any atom is 0.0175 e. The van der Waals surface area contributed by atoms with Crippen LogP contribution in [0.4, 0.5) is 0 Å². The summed E-state index contributed by atoms with van der Waals surface area (Å²) < 4.78 is 1.13. The Morgan fingerprint density at radius 1 is 1.21 bits per heavy atom. The summed E-state index contributed by atoms with van der Waals surface area (Å²) in [5.41, 5.74) is 0. The maximum atomic E-state index is 3.32. The molecule has 2 N–H and O–H groups in total. The SMILES string of the molecule is Brc1ccccc1.CC1CNCCN1. The van der Waals surface area contributed by atoms with E-state index in [2.05, 4.69) is 33.5 Å². The standard InChI is InChI=1S/C6H5Br.C5H12N2/c7-6-4-2-1-3-5-6;1-5-4-6-2-3-7-5/h1-5H;5-7H,2-4H2,1H3. The van der Waals surface area contributed by atoms with Crippen LogP contribution in [0.15, 0.2) is 34.8 Å². The van der Waals surface area contributed by atoms with E-state index in [9.17, 15) is 0 Å². The van der Waals surface area contributed by atoms with Crippen LogP contribution in [0, 0.1) is 0 Å². The van der Waals surface area contributed by atoms with Crippen LogP contribution in [0.3, 0.4) is 0 Å². The van der Waals surface area contributed by atoms with Crippen molar-refractivity contribution < 1.29 is 0 Å². The smallest absolute Gasteiger partial charge is 0.0175 e. The van der Waals surface area contributed by atoms with Gasteiger partial charge in [0, 0.05) is 30.1 Å². The Kier molecular flexibility index (Phi) is 5.83. The van der Waals surface area contributed by atoms with Gasteiger partial charge in [-0.15, -0.1) is 0 Å². The lowest BCUT2D eigenvalue weighted by molar-refractivity contribution is 0.442. The van der Waals surface area contributed by atoms with Crippen molar-refractivity contribution in [3.63, 3.8) is 0 Å². The van der Waals surface area contributed by atoms with Crippen molar-refractivity contribution in [3.8, 4) is 0 Å². The second-order valence-corrected chi connectivity index (χ2v) is 4.27. The summed E-state index contributed by atoms with van der Waals surface area (Å²) in [7, 11) is 0. The molecule has 0 amide bonds. The third-order valence-electron chi connectivity index (χ3n) is 1.98. The molecule has 0 aliphatic carbocycles. The van der Waals surface area contributed by atoms with Crippen molar-refractivity contribution in [2.24, 2.45) is 0 Å². The first-order valence-electron chi connectivity index (χ1n) is 4.93. The molecule has 0 spiro atoms. The van der Waals surface area contributed by atoms with E-state index < -0.39 is 0 Å². The van der Waals surface area contributed by atoms with Crippen LogP contribution >= 0.6 is 15.9 Å². The fourth-order valence-electron chi connectivity index (χ4n) is 1.21. The number of rotatable bonds is 0. The third kappa shape index (κ3) is 5.37. The van der Waals surface area contributed by atoms with E-state index in [4.69, 9.17) is 0 Å². The molecule has 1 aliphatic rings. The summed E-state index contributed by atoms with van der Waals surface area (Å²) in [4.78, 5) is 0. The second-order valence-electron chi connectivity index (χ2n) is 3.35. The Bertz CT molecular complexity index is 232. The number of hydrogen-bond donors (Lipinski definition) is 2. The lowest BCUT2D eigenvalue weighted by atomic mass is 10.3. The maximum absolute atomic E-state index is 3.32. The van der Waals surface area contributed by atoms with Crippen molar-refractivity contribution in [1.29, 1.82) is 0 Å². The minimum Gasteiger partial charge on any atom is -0.314 e. The van der Waals surface area contributed by atoms with Gasteiger partial charge in [-0.2, -0.15) is 0 Å². The van der Waals surface area contributed by atoms with Gasteiger partial charge in [0.05, 0.1) is 0 Å². The summed E-state index contributed by atoms with van der Waals surface area (Å²) in [6, 6.07) is 10.6. The van der Waals surface area contributed by atoms with Crippen LogP contribution in [0.1, 0.15) is 6.92 Å². The summed E-state index contributed by atoms with van der Waals surface area (Å²) in [6.45, 7) is 5.57. The van der Waals surface area contributed by atoms with Gasteiger partial charge in [-0.1, -0.05) is 34.1 Å². The van der Waals surface area contributed by atoms with E-state index in [0.717, 1.165) is 24.1 Å². The van der Waals surface area contributed by atoms with Crippen molar-refractivity contribution in [1.82, 2.24) is 10.6 Å². The lowest BCUT2D eigenvalue weighted by Crippen LogP contribution is -2.46. The molecule has 1 saturated heterocycles. The van der Waals surface area contributed by atoms with Gasteiger partial charge in [-0.25, -0.2) is 0 Å². The molecular weight excluding hydrogens is 240 g/mol. The highest BCUT2D eigenvalue weighted by atomic mass is 79.9. The van der Waals surface area contributed by atoms with E-state index in [0.29, 0.717) is 6.04 Å². The zero-order valence-corrected chi connectivity index (χ0v) is 10.0. The third-order valence-corrected chi connectivity index (χ3v) is 2.51. The Morgan fingerprint density at radius 3 is 2.21 bits per heavy atom. The van der Waals surface area contributed by atoms with Crippen molar-refractivity contribution >= 4 is 15.9 Å². The molecule has 2 rings (SSSR count). The molecule has 0 aromatic heterocycles. The highest BCUT2D eigenvalue weighted by Crippen LogP contribution is 2.05. The van der Waals surface area contributed by atoms with Crippen molar-refractivity contribution in [3.05, 3.63) is 34.8 Å². The average Bonchev–Trinajstić information content (AvgIpc) is 2.21. The molecule has 1 fully saturated rings. The molecule has 1 unspecified atom stereocenters.